The van der Waals surface area contributed by atoms with Gasteiger partial charge in [-0.2, -0.15) is 0 Å². The van der Waals surface area contributed by atoms with Gasteiger partial charge in [-0.3, -0.25) is 14.9 Å². The number of nitrogens with one attached hydrogen (secondary N) is 1. The number of hydrogen-bond acceptors (Lipinski definition) is 2. The Bertz CT molecular complexity index is 545. The van der Waals surface area contributed by atoms with Crippen molar-refractivity contribution in [2.45, 2.75) is 6.54 Å². The number of pyridine rings is 1. The van der Waals surface area contributed by atoms with Gasteiger partial charge in [-0.1, -0.05) is 12.0 Å². The highest BCUT2D eigenvalue weighted by atomic mass is 16.1. The van der Waals surface area contributed by atoms with Crippen molar-refractivity contribution < 1.29 is 0 Å². The normalized spacial score (nSPS) is 9.80. The summed E-state index contributed by atoms with van der Waals surface area (Å²) in [5, 5.41) is 2.90. The number of nitrogens with zero attached hydrogens (tertiary/aromatic N) is 2. The summed E-state index contributed by atoms with van der Waals surface area (Å²) in [5.74, 6) is 2.40. The fraction of sp³-hybridized carbons (Fsp3) is 0.0909. The van der Waals surface area contributed by atoms with Gasteiger partial charge < -0.3 is 0 Å². The first kappa shape index (κ1) is 9.28. The molecule has 0 aliphatic rings. The molecule has 0 aliphatic carbocycles. The topological polar surface area (TPSA) is 50.7 Å². The Labute approximate surface area is 86.6 Å². The third-order valence-corrected chi connectivity index (χ3v) is 1.98. The van der Waals surface area contributed by atoms with Gasteiger partial charge in [-0.15, -0.1) is 6.42 Å². The zero-order valence-electron chi connectivity index (χ0n) is 7.97. The van der Waals surface area contributed by atoms with Crippen LogP contribution in [0, 0.1) is 12.3 Å². The summed E-state index contributed by atoms with van der Waals surface area (Å²) >= 11 is 0. The average molecular weight is 199 g/mol. The molecule has 2 heterocycles. The van der Waals surface area contributed by atoms with Crippen LogP contribution in [0.5, 0.6) is 0 Å². The molecule has 4 nitrogen and oxygen atoms in total. The lowest BCUT2D eigenvalue weighted by molar-refractivity contribution is 0.692. The first-order valence-electron chi connectivity index (χ1n) is 4.46. The van der Waals surface area contributed by atoms with Gasteiger partial charge in [0.05, 0.1) is 11.4 Å². The molecule has 74 valence electrons. The van der Waals surface area contributed by atoms with Crippen LogP contribution in [0.2, 0.25) is 0 Å². The van der Waals surface area contributed by atoms with Crippen molar-refractivity contribution in [1.29, 1.82) is 0 Å². The Morgan fingerprint density at radius 1 is 1.53 bits per heavy atom. The molecular weight excluding hydrogens is 190 g/mol. The molecule has 0 aliphatic heterocycles. The van der Waals surface area contributed by atoms with Crippen molar-refractivity contribution in [2.24, 2.45) is 0 Å². The minimum Gasteiger partial charge on any atom is -0.292 e. The predicted octanol–water partition coefficient (Wildman–Crippen LogP) is 0.872. The molecule has 0 bridgehead atoms. The second-order valence-electron chi connectivity index (χ2n) is 3.01. The molecule has 2 rings (SSSR count). The lowest BCUT2D eigenvalue weighted by Gasteiger charge is -1.96. The maximum absolute atomic E-state index is 11.4. The summed E-state index contributed by atoms with van der Waals surface area (Å²) in [7, 11) is 0. The van der Waals surface area contributed by atoms with Crippen LogP contribution in [-0.4, -0.2) is 14.8 Å². The van der Waals surface area contributed by atoms with E-state index in [1.54, 1.807) is 6.20 Å². The highest BCUT2D eigenvalue weighted by molar-refractivity contribution is 5.52. The minimum absolute atomic E-state index is 0.145. The molecular formula is C11H9N3O. The van der Waals surface area contributed by atoms with E-state index in [0.717, 1.165) is 5.69 Å². The molecule has 0 atom stereocenters. The molecule has 0 spiro atoms. The van der Waals surface area contributed by atoms with E-state index in [4.69, 9.17) is 6.42 Å². The third-order valence-electron chi connectivity index (χ3n) is 1.98. The molecule has 0 unspecified atom stereocenters. The SMILES string of the molecule is C#CCn1[nH]c(-c2ccccn2)cc1=O. The zero-order chi connectivity index (χ0) is 10.7. The number of terminal acetylenes is 1. The number of H-pyrrole nitrogens is 1. The van der Waals surface area contributed by atoms with E-state index in [0.29, 0.717) is 5.69 Å². The largest absolute Gasteiger partial charge is 0.292 e. The summed E-state index contributed by atoms with van der Waals surface area (Å²) in [6.07, 6.45) is 6.80. The molecule has 2 aromatic rings. The summed E-state index contributed by atoms with van der Waals surface area (Å²) in [4.78, 5) is 15.5. The number of aromatic nitrogens is 3. The van der Waals surface area contributed by atoms with Gasteiger partial charge in [0, 0.05) is 12.3 Å². The van der Waals surface area contributed by atoms with Crippen molar-refractivity contribution in [3.63, 3.8) is 0 Å². The average Bonchev–Trinajstić information content (AvgIpc) is 2.63. The number of aromatic amines is 1. The third kappa shape index (κ3) is 1.81. The van der Waals surface area contributed by atoms with E-state index in [1.165, 1.54) is 10.7 Å². The molecule has 0 saturated heterocycles. The Hall–Kier alpha value is -2.28. The highest BCUT2D eigenvalue weighted by Crippen LogP contribution is 2.10. The van der Waals surface area contributed by atoms with Crippen LogP contribution in [0.4, 0.5) is 0 Å². The van der Waals surface area contributed by atoms with Crippen molar-refractivity contribution >= 4 is 0 Å². The van der Waals surface area contributed by atoms with Gasteiger partial charge in [0.15, 0.2) is 0 Å². The maximum atomic E-state index is 11.4. The Morgan fingerprint density at radius 2 is 2.40 bits per heavy atom. The van der Waals surface area contributed by atoms with Crippen LogP contribution in [-0.2, 0) is 6.54 Å². The standard InChI is InChI=1S/C11H9N3O/c1-2-7-14-11(15)8-10(13-14)9-5-3-4-6-12-9/h1,3-6,8,13H,7H2. The molecule has 0 radical (unpaired) electrons. The van der Waals surface area contributed by atoms with Crippen molar-refractivity contribution in [3.05, 3.63) is 40.8 Å². The van der Waals surface area contributed by atoms with Crippen LogP contribution in [0.15, 0.2) is 35.3 Å². The smallest absolute Gasteiger partial charge is 0.268 e. The van der Waals surface area contributed by atoms with E-state index in [9.17, 15) is 4.79 Å². The van der Waals surface area contributed by atoms with Crippen LogP contribution in [0.1, 0.15) is 0 Å². The number of rotatable bonds is 2. The van der Waals surface area contributed by atoms with E-state index in [-0.39, 0.29) is 12.1 Å². The summed E-state index contributed by atoms with van der Waals surface area (Å²) < 4.78 is 1.37. The Balaban J connectivity index is 2.44. The van der Waals surface area contributed by atoms with Gasteiger partial charge in [-0.25, -0.2) is 4.68 Å². The molecule has 0 aromatic carbocycles. The van der Waals surface area contributed by atoms with E-state index < -0.39 is 0 Å². The lowest BCUT2D eigenvalue weighted by Crippen LogP contribution is -2.14. The molecule has 1 N–H and O–H groups in total. The summed E-state index contributed by atoms with van der Waals surface area (Å²) in [5.41, 5.74) is 1.26. The fourth-order valence-electron chi connectivity index (χ4n) is 1.30. The van der Waals surface area contributed by atoms with E-state index in [2.05, 4.69) is 16.0 Å². The quantitative estimate of drug-likeness (QED) is 0.730. The Kier molecular flexibility index (Phi) is 2.38. The van der Waals surface area contributed by atoms with Crippen molar-refractivity contribution in [1.82, 2.24) is 14.8 Å². The van der Waals surface area contributed by atoms with Crippen molar-refractivity contribution in [2.75, 3.05) is 0 Å². The van der Waals surface area contributed by atoms with Gasteiger partial charge in [0.1, 0.15) is 6.54 Å². The van der Waals surface area contributed by atoms with Crippen LogP contribution >= 0.6 is 0 Å². The fourth-order valence-corrected chi connectivity index (χ4v) is 1.30. The van der Waals surface area contributed by atoms with Gasteiger partial charge in [-0.05, 0) is 12.1 Å². The van der Waals surface area contributed by atoms with Gasteiger partial charge >= 0.3 is 0 Å². The zero-order valence-corrected chi connectivity index (χ0v) is 7.97. The monoisotopic (exact) mass is 199 g/mol. The molecule has 0 saturated carbocycles. The molecule has 2 aromatic heterocycles. The molecule has 15 heavy (non-hydrogen) atoms. The highest BCUT2D eigenvalue weighted by Gasteiger charge is 2.04. The van der Waals surface area contributed by atoms with E-state index >= 15 is 0 Å². The van der Waals surface area contributed by atoms with Gasteiger partial charge in [0.25, 0.3) is 5.56 Å². The first-order valence-corrected chi connectivity index (χ1v) is 4.46. The Morgan fingerprint density at radius 3 is 3.07 bits per heavy atom. The molecule has 4 heteroatoms. The summed E-state index contributed by atoms with van der Waals surface area (Å²) in [6, 6.07) is 6.99. The van der Waals surface area contributed by atoms with Crippen molar-refractivity contribution in [3.8, 4) is 23.7 Å². The van der Waals surface area contributed by atoms with Crippen LogP contribution in [0.3, 0.4) is 0 Å². The maximum Gasteiger partial charge on any atom is 0.268 e. The molecule has 0 fully saturated rings. The predicted molar refractivity (Wildman–Crippen MR) is 57.1 cm³/mol. The van der Waals surface area contributed by atoms with Crippen LogP contribution < -0.4 is 5.56 Å². The number of hydrogen-bond donors (Lipinski definition) is 1. The minimum atomic E-state index is -0.145. The molecule has 0 amide bonds. The second kappa shape index (κ2) is 3.84. The lowest BCUT2D eigenvalue weighted by atomic mass is 10.3. The summed E-state index contributed by atoms with van der Waals surface area (Å²) in [6.45, 7) is 0.242. The first-order chi connectivity index (χ1) is 7.31. The van der Waals surface area contributed by atoms with Gasteiger partial charge in [0.2, 0.25) is 0 Å². The second-order valence-corrected chi connectivity index (χ2v) is 3.01. The van der Waals surface area contributed by atoms with E-state index in [1.807, 2.05) is 18.2 Å². The van der Waals surface area contributed by atoms with Crippen LogP contribution in [0.25, 0.3) is 11.4 Å².